The lowest BCUT2D eigenvalue weighted by Gasteiger charge is -2.29. The summed E-state index contributed by atoms with van der Waals surface area (Å²) in [6, 6.07) is 23.0. The first-order valence-electron chi connectivity index (χ1n) is 15.3. The number of nitrogens with zero attached hydrogens (tertiary/aromatic N) is 5. The van der Waals surface area contributed by atoms with Crippen LogP contribution >= 0.6 is 0 Å². The minimum atomic E-state index is -0.427. The molecule has 10 heteroatoms. The maximum absolute atomic E-state index is 14.7. The van der Waals surface area contributed by atoms with Crippen LogP contribution in [0.3, 0.4) is 0 Å². The predicted molar refractivity (Wildman–Crippen MR) is 178 cm³/mol. The van der Waals surface area contributed by atoms with Crippen LogP contribution in [0.5, 0.6) is 0 Å². The predicted octanol–water partition coefficient (Wildman–Crippen LogP) is 6.74. The van der Waals surface area contributed by atoms with Gasteiger partial charge in [0.15, 0.2) is 0 Å². The normalized spacial score (nSPS) is 14.2. The third-order valence-electron chi connectivity index (χ3n) is 8.44. The summed E-state index contributed by atoms with van der Waals surface area (Å²) in [6.45, 7) is 2.76. The first kappa shape index (κ1) is 31.2. The van der Waals surface area contributed by atoms with Gasteiger partial charge in [-0.05, 0) is 72.4 Å². The van der Waals surface area contributed by atoms with Gasteiger partial charge in [-0.15, -0.1) is 0 Å². The van der Waals surface area contributed by atoms with Gasteiger partial charge in [-0.1, -0.05) is 42.5 Å². The van der Waals surface area contributed by atoms with Gasteiger partial charge in [0.1, 0.15) is 24.3 Å². The summed E-state index contributed by atoms with van der Waals surface area (Å²) in [5, 5.41) is 9.99. The average Bonchev–Trinajstić information content (AvgIpc) is 3.54. The highest BCUT2D eigenvalue weighted by atomic mass is 19.1. The molecule has 1 saturated heterocycles. The van der Waals surface area contributed by atoms with Crippen LogP contribution in [0, 0.1) is 24.1 Å². The number of benzene rings is 3. The molecule has 5 aromatic rings. The zero-order valence-electron chi connectivity index (χ0n) is 26.1. The minimum absolute atomic E-state index is 0.163. The van der Waals surface area contributed by atoms with Crippen LogP contribution < -0.4 is 5.73 Å². The van der Waals surface area contributed by atoms with E-state index in [1.165, 1.54) is 18.3 Å². The van der Waals surface area contributed by atoms with Crippen molar-refractivity contribution in [2.45, 2.75) is 32.4 Å². The van der Waals surface area contributed by atoms with Crippen molar-refractivity contribution in [3.8, 4) is 28.3 Å². The Hall–Kier alpha value is -5.82. The fourth-order valence-corrected chi connectivity index (χ4v) is 6.13. The van der Waals surface area contributed by atoms with E-state index >= 15 is 0 Å². The van der Waals surface area contributed by atoms with E-state index in [2.05, 4.69) is 16.0 Å². The number of nitrogen functional groups attached to an aromatic ring is 1. The Balaban J connectivity index is 1.37. The summed E-state index contributed by atoms with van der Waals surface area (Å²) in [7, 11) is 1.70. The second kappa shape index (κ2) is 13.3. The number of nitrogens with two attached hydrogens (primary N) is 1. The Morgan fingerprint density at radius 1 is 1.04 bits per heavy atom. The number of aryl methyl sites for hydroxylation is 1. The molecule has 3 aromatic carbocycles. The van der Waals surface area contributed by atoms with E-state index in [0.29, 0.717) is 56.4 Å². The number of rotatable bonds is 7. The number of hydrogen-bond acceptors (Lipinski definition) is 7. The molecule has 0 radical (unpaired) electrons. The number of nitriles is 1. The number of likely N-dealkylation sites (tertiary alicyclic amines) is 1. The number of halogens is 1. The van der Waals surface area contributed by atoms with Gasteiger partial charge in [0.25, 0.3) is 5.91 Å². The number of likely N-dealkylation sites (N-methyl/N-ethyl adjacent to an activating group) is 1. The molecule has 0 saturated carbocycles. The molecule has 236 valence electrons. The Morgan fingerprint density at radius 2 is 1.85 bits per heavy atom. The molecular weight excluding hydrogens is 595 g/mol. The molecule has 1 aliphatic rings. The standard InChI is InChI=1S/C37H33FN6O3/c1-23-13-27(16-28(38)14-23)32-20-41-33-11-10-26(30-15-25(18-39)19-42-35(30)40)17-31(33)34(32)36(45)43(2)21-29-9-6-12-44(29)37(46)47-22-24-7-4-3-5-8-24/h3-5,7-8,10-11,13-17,19-20,29H,6,9,12,21-22H2,1-2H3,(H2,40,42)/t29-/m0/s1. The number of hydrogen-bond donors (Lipinski definition) is 1. The third kappa shape index (κ3) is 6.60. The number of amides is 2. The topological polar surface area (TPSA) is 125 Å². The van der Waals surface area contributed by atoms with Crippen LogP contribution in [-0.4, -0.2) is 57.9 Å². The van der Waals surface area contributed by atoms with E-state index in [4.69, 9.17) is 10.5 Å². The van der Waals surface area contributed by atoms with E-state index < -0.39 is 11.9 Å². The van der Waals surface area contributed by atoms with Crippen molar-refractivity contribution < 1.29 is 18.7 Å². The zero-order valence-corrected chi connectivity index (χ0v) is 26.1. The number of ether oxygens (including phenoxy) is 1. The first-order chi connectivity index (χ1) is 22.7. The number of fused-ring (bicyclic) bond motifs is 1. The van der Waals surface area contributed by atoms with Gasteiger partial charge in [-0.2, -0.15) is 5.26 Å². The number of aromatic nitrogens is 2. The molecule has 0 unspecified atom stereocenters. The number of carbonyl (C=O) groups excluding carboxylic acids is 2. The largest absolute Gasteiger partial charge is 0.445 e. The molecule has 1 atom stereocenters. The molecule has 3 heterocycles. The molecule has 0 spiro atoms. The highest BCUT2D eigenvalue weighted by Crippen LogP contribution is 2.35. The van der Waals surface area contributed by atoms with Gasteiger partial charge in [-0.3, -0.25) is 9.78 Å². The zero-order chi connectivity index (χ0) is 33.1. The second-order valence-electron chi connectivity index (χ2n) is 11.8. The smallest absolute Gasteiger partial charge is 0.410 e. The Labute approximate surface area is 272 Å². The molecular formula is C37H33FN6O3. The van der Waals surface area contributed by atoms with Gasteiger partial charge < -0.3 is 20.3 Å². The van der Waals surface area contributed by atoms with Gasteiger partial charge in [0.05, 0.1) is 22.7 Å². The summed E-state index contributed by atoms with van der Waals surface area (Å²) in [4.78, 5) is 39.7. The quantitative estimate of drug-likeness (QED) is 0.212. The lowest BCUT2D eigenvalue weighted by Crippen LogP contribution is -2.44. The van der Waals surface area contributed by atoms with Crippen LogP contribution in [0.2, 0.25) is 0 Å². The molecule has 0 aliphatic carbocycles. The molecule has 2 N–H and O–H groups in total. The summed E-state index contributed by atoms with van der Waals surface area (Å²) >= 11 is 0. The van der Waals surface area contributed by atoms with E-state index in [1.54, 1.807) is 48.2 Å². The fraction of sp³-hybridized carbons (Fsp3) is 0.216. The van der Waals surface area contributed by atoms with E-state index in [1.807, 2.05) is 42.5 Å². The molecule has 9 nitrogen and oxygen atoms in total. The van der Waals surface area contributed by atoms with Crippen LogP contribution in [0.25, 0.3) is 33.2 Å². The molecule has 6 rings (SSSR count). The summed E-state index contributed by atoms with van der Waals surface area (Å²) in [5.74, 6) is -0.505. The molecule has 1 aliphatic heterocycles. The minimum Gasteiger partial charge on any atom is -0.445 e. The lowest BCUT2D eigenvalue weighted by atomic mass is 9.93. The van der Waals surface area contributed by atoms with Crippen molar-refractivity contribution in [3.63, 3.8) is 0 Å². The fourth-order valence-electron chi connectivity index (χ4n) is 6.13. The van der Waals surface area contributed by atoms with E-state index in [-0.39, 0.29) is 30.9 Å². The molecule has 1 fully saturated rings. The van der Waals surface area contributed by atoms with Crippen LogP contribution in [-0.2, 0) is 11.3 Å². The highest BCUT2D eigenvalue weighted by molar-refractivity contribution is 6.12. The Bertz CT molecular complexity index is 2010. The van der Waals surface area contributed by atoms with Gasteiger partial charge in [-0.25, -0.2) is 14.2 Å². The van der Waals surface area contributed by atoms with Crippen molar-refractivity contribution in [3.05, 3.63) is 113 Å². The highest BCUT2D eigenvalue weighted by Gasteiger charge is 2.33. The van der Waals surface area contributed by atoms with Crippen molar-refractivity contribution >= 4 is 28.7 Å². The first-order valence-corrected chi connectivity index (χ1v) is 15.3. The van der Waals surface area contributed by atoms with Crippen LogP contribution in [0.15, 0.2) is 85.2 Å². The number of carbonyl (C=O) groups is 2. The van der Waals surface area contributed by atoms with Gasteiger partial charge in [0, 0.05) is 49.0 Å². The van der Waals surface area contributed by atoms with Crippen LogP contribution in [0.4, 0.5) is 15.0 Å². The summed E-state index contributed by atoms with van der Waals surface area (Å²) < 4.78 is 20.3. The van der Waals surface area contributed by atoms with Crippen molar-refractivity contribution in [2.24, 2.45) is 0 Å². The van der Waals surface area contributed by atoms with Crippen molar-refractivity contribution in [1.82, 2.24) is 19.8 Å². The van der Waals surface area contributed by atoms with Gasteiger partial charge in [0.2, 0.25) is 0 Å². The second-order valence-corrected chi connectivity index (χ2v) is 11.8. The summed E-state index contributed by atoms with van der Waals surface area (Å²) in [6.07, 6.45) is 4.08. The SMILES string of the molecule is Cc1cc(F)cc(-c2cnc3ccc(-c4cc(C#N)cnc4N)cc3c2C(=O)N(C)C[C@@H]2CCCN2C(=O)OCc2ccccc2)c1. The maximum Gasteiger partial charge on any atom is 0.410 e. The molecule has 2 amide bonds. The average molecular weight is 629 g/mol. The van der Waals surface area contributed by atoms with Crippen molar-refractivity contribution in [2.75, 3.05) is 25.9 Å². The van der Waals surface area contributed by atoms with Crippen molar-refractivity contribution in [1.29, 1.82) is 5.26 Å². The maximum atomic E-state index is 14.7. The molecule has 47 heavy (non-hydrogen) atoms. The number of anilines is 1. The van der Waals surface area contributed by atoms with Crippen LogP contribution in [0.1, 0.15) is 39.9 Å². The molecule has 2 aromatic heterocycles. The third-order valence-corrected chi connectivity index (χ3v) is 8.44. The Kier molecular flexibility index (Phi) is 8.80. The lowest BCUT2D eigenvalue weighted by molar-refractivity contribution is 0.0692. The number of pyridine rings is 2. The van der Waals surface area contributed by atoms with E-state index in [9.17, 15) is 19.2 Å². The Morgan fingerprint density at radius 3 is 2.62 bits per heavy atom. The monoisotopic (exact) mass is 628 g/mol. The van der Waals surface area contributed by atoms with E-state index in [0.717, 1.165) is 18.4 Å². The summed E-state index contributed by atoms with van der Waals surface area (Å²) in [5.41, 5.74) is 11.2. The van der Waals surface area contributed by atoms with Gasteiger partial charge >= 0.3 is 6.09 Å². The molecule has 0 bridgehead atoms.